The summed E-state index contributed by atoms with van der Waals surface area (Å²) in [6.07, 6.45) is 1.71. The molecule has 0 bridgehead atoms. The number of nitrogens with zero attached hydrogens (tertiary/aromatic N) is 1. The molecule has 15 heavy (non-hydrogen) atoms. The molecular formula is C12H19NOS. The van der Waals surface area contributed by atoms with E-state index in [2.05, 4.69) is 18.7 Å². The second-order valence-electron chi connectivity index (χ2n) is 3.94. The second-order valence-corrected chi connectivity index (χ2v) is 4.89. The average molecular weight is 225 g/mol. The molecular weight excluding hydrogens is 206 g/mol. The van der Waals surface area contributed by atoms with Crippen LogP contribution in [0.15, 0.2) is 17.5 Å². The molecule has 0 aliphatic heterocycles. The van der Waals surface area contributed by atoms with Gasteiger partial charge in [0.05, 0.1) is 10.4 Å². The van der Waals surface area contributed by atoms with Crippen LogP contribution >= 0.6 is 11.3 Å². The highest BCUT2D eigenvalue weighted by atomic mass is 32.1. The van der Waals surface area contributed by atoms with Gasteiger partial charge >= 0.3 is 0 Å². The minimum atomic E-state index is -0.329. The Labute approximate surface area is 95.9 Å². The van der Waals surface area contributed by atoms with Crippen molar-refractivity contribution in [2.24, 2.45) is 0 Å². The van der Waals surface area contributed by atoms with Crippen LogP contribution in [0.3, 0.4) is 0 Å². The maximum atomic E-state index is 12.4. The lowest BCUT2D eigenvalue weighted by Gasteiger charge is -2.36. The molecule has 0 unspecified atom stereocenters. The molecule has 1 aromatic rings. The van der Waals surface area contributed by atoms with E-state index in [0.29, 0.717) is 0 Å². The summed E-state index contributed by atoms with van der Waals surface area (Å²) in [6.45, 7) is 4.16. The first kappa shape index (κ1) is 12.4. The van der Waals surface area contributed by atoms with Crippen LogP contribution in [0.2, 0.25) is 0 Å². The van der Waals surface area contributed by atoms with E-state index in [-0.39, 0.29) is 11.3 Å². The Kier molecular flexibility index (Phi) is 4.05. The van der Waals surface area contributed by atoms with Gasteiger partial charge in [0.15, 0.2) is 5.78 Å². The van der Waals surface area contributed by atoms with Crippen LogP contribution in [0.4, 0.5) is 0 Å². The van der Waals surface area contributed by atoms with Crippen molar-refractivity contribution in [3.05, 3.63) is 22.4 Å². The lowest BCUT2D eigenvalue weighted by molar-refractivity contribution is 0.0661. The summed E-state index contributed by atoms with van der Waals surface area (Å²) in [4.78, 5) is 15.3. The van der Waals surface area contributed by atoms with Gasteiger partial charge in [0.2, 0.25) is 0 Å². The number of thiophene rings is 1. The van der Waals surface area contributed by atoms with Crippen molar-refractivity contribution in [3.8, 4) is 0 Å². The molecule has 0 saturated heterocycles. The maximum Gasteiger partial charge on any atom is 0.192 e. The number of likely N-dealkylation sites (N-methyl/N-ethyl adjacent to an activating group) is 1. The minimum Gasteiger partial charge on any atom is -0.297 e. The third kappa shape index (κ3) is 2.13. The first-order valence-electron chi connectivity index (χ1n) is 5.34. The normalized spacial score (nSPS) is 12.1. The molecule has 1 rings (SSSR count). The van der Waals surface area contributed by atoms with Crippen molar-refractivity contribution in [3.63, 3.8) is 0 Å². The predicted molar refractivity (Wildman–Crippen MR) is 65.6 cm³/mol. The number of carbonyl (C=O) groups is 1. The van der Waals surface area contributed by atoms with Crippen molar-refractivity contribution in [1.29, 1.82) is 0 Å². The Morgan fingerprint density at radius 1 is 1.40 bits per heavy atom. The van der Waals surface area contributed by atoms with E-state index >= 15 is 0 Å². The molecule has 84 valence electrons. The van der Waals surface area contributed by atoms with Crippen LogP contribution in [0, 0.1) is 0 Å². The summed E-state index contributed by atoms with van der Waals surface area (Å²) in [5.74, 6) is 0.257. The molecule has 0 fully saturated rings. The number of hydrogen-bond donors (Lipinski definition) is 0. The van der Waals surface area contributed by atoms with Crippen molar-refractivity contribution in [2.45, 2.75) is 32.2 Å². The zero-order valence-electron chi connectivity index (χ0n) is 9.91. The van der Waals surface area contributed by atoms with Crippen LogP contribution in [0.1, 0.15) is 36.4 Å². The monoisotopic (exact) mass is 225 g/mol. The predicted octanol–water partition coefficient (Wildman–Crippen LogP) is 3.05. The minimum absolute atomic E-state index is 0.257. The fraction of sp³-hybridized carbons (Fsp3) is 0.583. The molecule has 1 heterocycles. The van der Waals surface area contributed by atoms with Crippen LogP contribution in [0.5, 0.6) is 0 Å². The van der Waals surface area contributed by atoms with E-state index in [9.17, 15) is 4.79 Å². The van der Waals surface area contributed by atoms with E-state index in [1.807, 2.05) is 31.6 Å². The van der Waals surface area contributed by atoms with Gasteiger partial charge in [-0.15, -0.1) is 11.3 Å². The van der Waals surface area contributed by atoms with Gasteiger partial charge in [-0.1, -0.05) is 19.9 Å². The fourth-order valence-electron chi connectivity index (χ4n) is 2.04. The molecule has 0 radical (unpaired) electrons. The van der Waals surface area contributed by atoms with E-state index in [4.69, 9.17) is 0 Å². The topological polar surface area (TPSA) is 20.3 Å². The van der Waals surface area contributed by atoms with Gasteiger partial charge in [-0.3, -0.25) is 9.69 Å². The molecule has 0 N–H and O–H groups in total. The number of Topliss-reactive ketones (excluding diaryl/α,β-unsaturated/α-hetero) is 1. The van der Waals surface area contributed by atoms with E-state index in [1.165, 1.54) is 11.3 Å². The molecule has 1 aromatic heterocycles. The van der Waals surface area contributed by atoms with Gasteiger partial charge in [-0.2, -0.15) is 0 Å². The highest BCUT2D eigenvalue weighted by molar-refractivity contribution is 7.12. The SMILES string of the molecule is CCC(CC)(C(=O)c1cccs1)N(C)C. The quantitative estimate of drug-likeness (QED) is 0.718. The van der Waals surface area contributed by atoms with Crippen molar-refractivity contribution < 1.29 is 4.79 Å². The molecule has 0 aliphatic carbocycles. The molecule has 0 atom stereocenters. The van der Waals surface area contributed by atoms with Crippen molar-refractivity contribution in [1.82, 2.24) is 4.90 Å². The zero-order valence-corrected chi connectivity index (χ0v) is 10.7. The third-order valence-corrected chi connectivity index (χ3v) is 4.06. The van der Waals surface area contributed by atoms with Gasteiger partial charge in [0, 0.05) is 0 Å². The summed E-state index contributed by atoms with van der Waals surface area (Å²) >= 11 is 1.53. The Morgan fingerprint density at radius 3 is 2.33 bits per heavy atom. The number of hydrogen-bond acceptors (Lipinski definition) is 3. The third-order valence-electron chi connectivity index (χ3n) is 3.19. The van der Waals surface area contributed by atoms with Crippen LogP contribution in [-0.2, 0) is 0 Å². The van der Waals surface area contributed by atoms with Gasteiger partial charge < -0.3 is 0 Å². The number of rotatable bonds is 5. The van der Waals surface area contributed by atoms with Crippen LogP contribution in [-0.4, -0.2) is 30.3 Å². The average Bonchev–Trinajstić information content (AvgIpc) is 2.72. The Balaban J connectivity index is 3.05. The van der Waals surface area contributed by atoms with Crippen LogP contribution < -0.4 is 0 Å². The first-order chi connectivity index (χ1) is 7.08. The Bertz CT molecular complexity index is 312. The standard InChI is InChI=1S/C12H19NOS/c1-5-12(6-2,13(3)4)11(14)10-8-7-9-15-10/h7-9H,5-6H2,1-4H3. The summed E-state index contributed by atoms with van der Waals surface area (Å²) in [5.41, 5.74) is -0.329. The van der Waals surface area contributed by atoms with Gasteiger partial charge in [-0.05, 0) is 38.4 Å². The molecule has 0 aliphatic rings. The Morgan fingerprint density at radius 2 is 2.00 bits per heavy atom. The molecule has 3 heteroatoms. The second kappa shape index (κ2) is 4.90. The lowest BCUT2D eigenvalue weighted by atomic mass is 9.86. The molecule has 2 nitrogen and oxygen atoms in total. The molecule has 0 amide bonds. The zero-order chi connectivity index (χ0) is 11.5. The largest absolute Gasteiger partial charge is 0.297 e. The van der Waals surface area contributed by atoms with E-state index in [1.54, 1.807) is 0 Å². The van der Waals surface area contributed by atoms with Gasteiger partial charge in [-0.25, -0.2) is 0 Å². The summed E-state index contributed by atoms with van der Waals surface area (Å²) in [6, 6.07) is 3.85. The van der Waals surface area contributed by atoms with Gasteiger partial charge in [0.1, 0.15) is 0 Å². The summed E-state index contributed by atoms with van der Waals surface area (Å²) < 4.78 is 0. The maximum absolute atomic E-state index is 12.4. The molecule has 0 aromatic carbocycles. The van der Waals surface area contributed by atoms with Crippen molar-refractivity contribution in [2.75, 3.05) is 14.1 Å². The highest BCUT2D eigenvalue weighted by Crippen LogP contribution is 2.28. The smallest absolute Gasteiger partial charge is 0.192 e. The number of ketones is 1. The first-order valence-corrected chi connectivity index (χ1v) is 6.22. The molecule has 0 spiro atoms. The summed E-state index contributed by atoms with van der Waals surface area (Å²) in [5, 5.41) is 1.96. The number of carbonyl (C=O) groups excluding carboxylic acids is 1. The molecule has 0 saturated carbocycles. The van der Waals surface area contributed by atoms with Gasteiger partial charge in [0.25, 0.3) is 0 Å². The van der Waals surface area contributed by atoms with E-state index < -0.39 is 0 Å². The Hall–Kier alpha value is -0.670. The van der Waals surface area contributed by atoms with Crippen molar-refractivity contribution >= 4 is 17.1 Å². The fourth-order valence-corrected chi connectivity index (χ4v) is 2.80. The highest BCUT2D eigenvalue weighted by Gasteiger charge is 2.37. The lowest BCUT2D eigenvalue weighted by Crippen LogP contribution is -2.50. The van der Waals surface area contributed by atoms with E-state index in [0.717, 1.165) is 17.7 Å². The summed E-state index contributed by atoms with van der Waals surface area (Å²) in [7, 11) is 3.97. The van der Waals surface area contributed by atoms with Crippen LogP contribution in [0.25, 0.3) is 0 Å².